The Morgan fingerprint density at radius 1 is 1.23 bits per heavy atom. The lowest BCUT2D eigenvalue weighted by molar-refractivity contribution is -0.124. The summed E-state index contributed by atoms with van der Waals surface area (Å²) in [4.78, 5) is 12.2. The fourth-order valence-corrected chi connectivity index (χ4v) is 4.52. The lowest BCUT2D eigenvalue weighted by Gasteiger charge is -2.26. The van der Waals surface area contributed by atoms with Crippen LogP contribution in [0.3, 0.4) is 0 Å². The summed E-state index contributed by atoms with van der Waals surface area (Å²) in [6.07, 6.45) is 2.52. The Balaban J connectivity index is 1.58. The van der Waals surface area contributed by atoms with E-state index in [1.165, 1.54) is 17.3 Å². The normalized spacial score (nSPS) is 17.4. The maximum Gasteiger partial charge on any atom is 0.231 e. The number of halogens is 1. The molecule has 0 bridgehead atoms. The standard InChI is InChI=1S/C24H25FN2O3/c1-14(2)24(28)26-17-6-7-20-18(9-17)19-10-22-23(30-13-29-22)11-21(19)27(20)12-15-4-3-5-16(25)8-15/h3-5,8,10-11,14,17H,6-7,9,12-13H2,1-2H3,(H,26,28). The Hall–Kier alpha value is -3.02. The third-order valence-corrected chi connectivity index (χ3v) is 6.06. The molecule has 1 amide bonds. The molecule has 0 spiro atoms. The number of amides is 1. The number of carbonyl (C=O) groups excluding carboxylic acids is 1. The second-order valence-electron chi connectivity index (χ2n) is 8.47. The van der Waals surface area contributed by atoms with Crippen LogP contribution in [-0.4, -0.2) is 23.3 Å². The zero-order valence-corrected chi connectivity index (χ0v) is 17.2. The van der Waals surface area contributed by atoms with Crippen LogP contribution in [0.4, 0.5) is 4.39 Å². The Bertz CT molecular complexity index is 1140. The van der Waals surface area contributed by atoms with Gasteiger partial charge in [-0.05, 0) is 48.6 Å². The summed E-state index contributed by atoms with van der Waals surface area (Å²) in [6, 6.07) is 10.9. The fourth-order valence-electron chi connectivity index (χ4n) is 4.52. The summed E-state index contributed by atoms with van der Waals surface area (Å²) in [5, 5.41) is 4.31. The molecule has 1 N–H and O–H groups in total. The number of hydrogen-bond donors (Lipinski definition) is 1. The number of ether oxygens (including phenoxy) is 2. The smallest absolute Gasteiger partial charge is 0.231 e. The van der Waals surface area contributed by atoms with Crippen LogP contribution in [0.1, 0.15) is 37.1 Å². The molecule has 1 aliphatic heterocycles. The fraction of sp³-hybridized carbons (Fsp3) is 0.375. The molecule has 1 unspecified atom stereocenters. The van der Waals surface area contributed by atoms with E-state index in [2.05, 4.69) is 9.88 Å². The molecule has 1 aliphatic carbocycles. The van der Waals surface area contributed by atoms with Crippen LogP contribution < -0.4 is 14.8 Å². The molecule has 5 nitrogen and oxygen atoms in total. The summed E-state index contributed by atoms with van der Waals surface area (Å²) in [5.74, 6) is 1.31. The maximum absolute atomic E-state index is 13.8. The largest absolute Gasteiger partial charge is 0.454 e. The topological polar surface area (TPSA) is 52.5 Å². The first-order valence-electron chi connectivity index (χ1n) is 10.5. The molecule has 0 fully saturated rings. The summed E-state index contributed by atoms with van der Waals surface area (Å²) in [5.41, 5.74) is 4.46. The minimum atomic E-state index is -0.230. The van der Waals surface area contributed by atoms with Crippen LogP contribution in [0.5, 0.6) is 11.5 Å². The molecule has 156 valence electrons. The molecule has 0 saturated carbocycles. The second kappa shape index (κ2) is 7.35. The van der Waals surface area contributed by atoms with E-state index in [9.17, 15) is 9.18 Å². The summed E-state index contributed by atoms with van der Waals surface area (Å²) < 4.78 is 27.3. The van der Waals surface area contributed by atoms with Gasteiger partial charge in [0.1, 0.15) is 5.82 Å². The van der Waals surface area contributed by atoms with Crippen LogP contribution >= 0.6 is 0 Å². The van der Waals surface area contributed by atoms with E-state index in [-0.39, 0.29) is 30.5 Å². The van der Waals surface area contributed by atoms with Crippen LogP contribution in [0.25, 0.3) is 10.9 Å². The van der Waals surface area contributed by atoms with E-state index in [0.29, 0.717) is 6.54 Å². The van der Waals surface area contributed by atoms with E-state index in [1.807, 2.05) is 32.0 Å². The van der Waals surface area contributed by atoms with Crippen molar-refractivity contribution < 1.29 is 18.7 Å². The average molecular weight is 408 g/mol. The number of carbonyl (C=O) groups is 1. The Labute approximate surface area is 174 Å². The highest BCUT2D eigenvalue weighted by Gasteiger charge is 2.29. The Morgan fingerprint density at radius 3 is 2.80 bits per heavy atom. The zero-order chi connectivity index (χ0) is 20.8. The summed E-state index contributed by atoms with van der Waals surface area (Å²) >= 11 is 0. The van der Waals surface area contributed by atoms with Gasteiger partial charge >= 0.3 is 0 Å². The quantitative estimate of drug-likeness (QED) is 0.704. The van der Waals surface area contributed by atoms with Crippen molar-refractivity contribution in [2.75, 3.05) is 6.79 Å². The van der Waals surface area contributed by atoms with Crippen molar-refractivity contribution in [1.82, 2.24) is 9.88 Å². The summed E-state index contributed by atoms with van der Waals surface area (Å²) in [6.45, 7) is 4.64. The SMILES string of the molecule is CC(C)C(=O)NC1CCc2c(c3cc4c(cc3n2Cc2cccc(F)c2)OCO4)C1. The van der Waals surface area contributed by atoms with Gasteiger partial charge in [-0.25, -0.2) is 4.39 Å². The van der Waals surface area contributed by atoms with E-state index >= 15 is 0 Å². The van der Waals surface area contributed by atoms with Gasteiger partial charge < -0.3 is 19.4 Å². The molecule has 1 atom stereocenters. The molecule has 2 aliphatic rings. The van der Waals surface area contributed by atoms with Crippen molar-refractivity contribution in [3.63, 3.8) is 0 Å². The molecule has 3 aromatic rings. The van der Waals surface area contributed by atoms with Crippen molar-refractivity contribution >= 4 is 16.8 Å². The predicted molar refractivity (Wildman–Crippen MR) is 112 cm³/mol. The van der Waals surface area contributed by atoms with Crippen molar-refractivity contribution in [3.05, 3.63) is 59.0 Å². The molecule has 2 aromatic carbocycles. The van der Waals surface area contributed by atoms with Crippen LogP contribution in [0.2, 0.25) is 0 Å². The molecule has 6 heteroatoms. The van der Waals surface area contributed by atoms with Crippen LogP contribution in [-0.2, 0) is 24.2 Å². The van der Waals surface area contributed by atoms with Gasteiger partial charge in [0.05, 0.1) is 5.52 Å². The predicted octanol–water partition coefficient (Wildman–Crippen LogP) is 4.19. The molecule has 30 heavy (non-hydrogen) atoms. The van der Waals surface area contributed by atoms with Crippen LogP contribution in [0.15, 0.2) is 36.4 Å². The van der Waals surface area contributed by atoms with Gasteiger partial charge in [-0.1, -0.05) is 26.0 Å². The molecule has 5 rings (SSSR count). The first-order chi connectivity index (χ1) is 14.5. The Morgan fingerprint density at radius 2 is 2.03 bits per heavy atom. The van der Waals surface area contributed by atoms with Crippen LogP contribution in [0, 0.1) is 11.7 Å². The van der Waals surface area contributed by atoms with Crippen molar-refractivity contribution in [3.8, 4) is 11.5 Å². The first kappa shape index (κ1) is 19.0. The lowest BCUT2D eigenvalue weighted by Crippen LogP contribution is -2.41. The molecule has 0 radical (unpaired) electrons. The third kappa shape index (κ3) is 3.30. The van der Waals surface area contributed by atoms with E-state index in [1.54, 1.807) is 12.1 Å². The number of nitrogens with one attached hydrogen (secondary N) is 1. The molecule has 2 heterocycles. The van der Waals surface area contributed by atoms with Crippen molar-refractivity contribution in [2.45, 2.75) is 45.7 Å². The second-order valence-corrected chi connectivity index (χ2v) is 8.47. The number of fused-ring (bicyclic) bond motifs is 4. The minimum absolute atomic E-state index is 0.0328. The highest BCUT2D eigenvalue weighted by Crippen LogP contribution is 2.41. The van der Waals surface area contributed by atoms with Gasteiger partial charge in [0.25, 0.3) is 0 Å². The number of benzene rings is 2. The third-order valence-electron chi connectivity index (χ3n) is 6.06. The van der Waals surface area contributed by atoms with E-state index < -0.39 is 0 Å². The van der Waals surface area contributed by atoms with Gasteiger partial charge in [0, 0.05) is 35.7 Å². The number of nitrogens with zero attached hydrogens (tertiary/aromatic N) is 1. The van der Waals surface area contributed by atoms with Gasteiger partial charge in [-0.15, -0.1) is 0 Å². The van der Waals surface area contributed by atoms with Gasteiger partial charge in [0.15, 0.2) is 11.5 Å². The van der Waals surface area contributed by atoms with E-state index in [0.717, 1.165) is 47.2 Å². The molecular formula is C24H25FN2O3. The summed E-state index contributed by atoms with van der Waals surface area (Å²) in [7, 11) is 0. The number of aromatic nitrogens is 1. The zero-order valence-electron chi connectivity index (χ0n) is 17.2. The molecular weight excluding hydrogens is 383 g/mol. The first-order valence-corrected chi connectivity index (χ1v) is 10.5. The number of hydrogen-bond acceptors (Lipinski definition) is 3. The number of rotatable bonds is 4. The highest BCUT2D eigenvalue weighted by atomic mass is 19.1. The highest BCUT2D eigenvalue weighted by molar-refractivity contribution is 5.89. The molecule has 0 saturated heterocycles. The maximum atomic E-state index is 13.8. The van der Waals surface area contributed by atoms with Gasteiger partial charge in [-0.3, -0.25) is 4.79 Å². The lowest BCUT2D eigenvalue weighted by atomic mass is 9.91. The average Bonchev–Trinajstić information content (AvgIpc) is 3.29. The molecule has 1 aromatic heterocycles. The monoisotopic (exact) mass is 408 g/mol. The van der Waals surface area contributed by atoms with Gasteiger partial charge in [0.2, 0.25) is 12.7 Å². The van der Waals surface area contributed by atoms with Crippen molar-refractivity contribution in [1.29, 1.82) is 0 Å². The van der Waals surface area contributed by atoms with E-state index in [4.69, 9.17) is 9.47 Å². The van der Waals surface area contributed by atoms with Crippen molar-refractivity contribution in [2.24, 2.45) is 5.92 Å². The Kier molecular flexibility index (Phi) is 4.65. The minimum Gasteiger partial charge on any atom is -0.454 e. The van der Waals surface area contributed by atoms with Gasteiger partial charge in [-0.2, -0.15) is 0 Å².